The van der Waals surface area contributed by atoms with E-state index in [0.717, 1.165) is 11.6 Å². The summed E-state index contributed by atoms with van der Waals surface area (Å²) in [5.74, 6) is -1.44. The van der Waals surface area contributed by atoms with Gasteiger partial charge in [-0.2, -0.15) is 0 Å². The van der Waals surface area contributed by atoms with Crippen LogP contribution in [0.3, 0.4) is 0 Å². The molecule has 0 aliphatic rings. The molecule has 0 heterocycles. The Hall–Kier alpha value is -2.56. The first-order chi connectivity index (χ1) is 10.0. The summed E-state index contributed by atoms with van der Waals surface area (Å²) >= 11 is 0. The normalized spacial score (nSPS) is 11.9. The average Bonchev–Trinajstić information content (AvgIpc) is 2.47. The topological polar surface area (TPSA) is 69.6 Å². The molecular formula is C16H16FNO3. The maximum absolute atomic E-state index is 13.8. The van der Waals surface area contributed by atoms with E-state index in [9.17, 15) is 14.3 Å². The number of halogens is 1. The van der Waals surface area contributed by atoms with Crippen LogP contribution in [0, 0.1) is 5.82 Å². The summed E-state index contributed by atoms with van der Waals surface area (Å²) in [6.45, 7) is 1.93. The predicted octanol–water partition coefficient (Wildman–Crippen LogP) is 3.79. The van der Waals surface area contributed by atoms with Crippen molar-refractivity contribution >= 4 is 11.7 Å². The first-order valence-corrected chi connectivity index (χ1v) is 6.59. The molecule has 3 N–H and O–H groups in total. The third-order valence-electron chi connectivity index (χ3n) is 3.25. The summed E-state index contributed by atoms with van der Waals surface area (Å²) in [6, 6.07) is 10.1. The Morgan fingerprint density at radius 1 is 1.24 bits per heavy atom. The molecule has 0 aliphatic heterocycles. The lowest BCUT2D eigenvalue weighted by Crippen LogP contribution is -2.11. The Morgan fingerprint density at radius 3 is 2.48 bits per heavy atom. The van der Waals surface area contributed by atoms with Crippen LogP contribution in [0.25, 0.3) is 0 Å². The molecule has 0 radical (unpaired) electrons. The van der Waals surface area contributed by atoms with Crippen molar-refractivity contribution in [3.05, 3.63) is 59.4 Å². The maximum Gasteiger partial charge on any atom is 0.335 e. The van der Waals surface area contributed by atoms with Crippen molar-refractivity contribution in [3.63, 3.8) is 0 Å². The lowest BCUT2D eigenvalue weighted by atomic mass is 10.0. The molecular weight excluding hydrogens is 273 g/mol. The van der Waals surface area contributed by atoms with E-state index in [4.69, 9.17) is 5.11 Å². The summed E-state index contributed by atoms with van der Waals surface area (Å²) in [5.41, 5.74) is 1.06. The lowest BCUT2D eigenvalue weighted by molar-refractivity contribution is 0.0697. The fourth-order valence-electron chi connectivity index (χ4n) is 2.08. The molecule has 0 bridgehead atoms. The first-order valence-electron chi connectivity index (χ1n) is 6.59. The van der Waals surface area contributed by atoms with E-state index < -0.39 is 11.8 Å². The second kappa shape index (κ2) is 6.26. The Bertz CT molecular complexity index is 640. The summed E-state index contributed by atoms with van der Waals surface area (Å²) in [4.78, 5) is 10.9. The van der Waals surface area contributed by atoms with Crippen LogP contribution in [-0.4, -0.2) is 16.2 Å². The first kappa shape index (κ1) is 14.8. The number of aromatic hydroxyl groups is 1. The van der Waals surface area contributed by atoms with Gasteiger partial charge in [0.2, 0.25) is 0 Å². The van der Waals surface area contributed by atoms with Gasteiger partial charge in [0, 0.05) is 0 Å². The number of phenolic OH excluding ortho intramolecular Hbond substituents is 1. The molecule has 2 rings (SSSR count). The highest BCUT2D eigenvalue weighted by molar-refractivity contribution is 5.88. The van der Waals surface area contributed by atoms with Crippen LogP contribution in [0.2, 0.25) is 0 Å². The standard InChI is InChI=1S/C16H16FNO3/c1-2-14(10-3-6-12(19)7-4-10)18-15-9-11(16(20)21)5-8-13(15)17/h3-9,14,18-19H,2H2,1H3,(H,20,21). The van der Waals surface area contributed by atoms with Crippen LogP contribution >= 0.6 is 0 Å². The number of nitrogens with one attached hydrogen (secondary N) is 1. The van der Waals surface area contributed by atoms with E-state index in [1.807, 2.05) is 6.92 Å². The summed E-state index contributed by atoms with van der Waals surface area (Å²) in [6.07, 6.45) is 0.682. The monoisotopic (exact) mass is 289 g/mol. The van der Waals surface area contributed by atoms with Gasteiger partial charge >= 0.3 is 5.97 Å². The fourth-order valence-corrected chi connectivity index (χ4v) is 2.08. The summed E-state index contributed by atoms with van der Waals surface area (Å²) in [7, 11) is 0. The number of phenols is 1. The Kier molecular flexibility index (Phi) is 4.42. The smallest absolute Gasteiger partial charge is 0.335 e. The van der Waals surface area contributed by atoms with E-state index in [0.29, 0.717) is 6.42 Å². The van der Waals surface area contributed by atoms with Gasteiger partial charge in [-0.3, -0.25) is 0 Å². The van der Waals surface area contributed by atoms with Crippen molar-refractivity contribution in [2.75, 3.05) is 5.32 Å². The largest absolute Gasteiger partial charge is 0.508 e. The number of carboxylic acids is 1. The van der Waals surface area contributed by atoms with E-state index in [-0.39, 0.29) is 23.0 Å². The summed E-state index contributed by atoms with van der Waals surface area (Å²) in [5, 5.41) is 21.3. The van der Waals surface area contributed by atoms with Crippen LogP contribution in [0.5, 0.6) is 5.75 Å². The molecule has 21 heavy (non-hydrogen) atoms. The molecule has 0 saturated carbocycles. The molecule has 0 aliphatic carbocycles. The third-order valence-corrected chi connectivity index (χ3v) is 3.25. The number of rotatable bonds is 5. The van der Waals surface area contributed by atoms with Crippen LogP contribution < -0.4 is 5.32 Å². The average molecular weight is 289 g/mol. The third kappa shape index (κ3) is 3.51. The zero-order chi connectivity index (χ0) is 15.4. The zero-order valence-corrected chi connectivity index (χ0v) is 11.5. The zero-order valence-electron chi connectivity index (χ0n) is 11.5. The summed E-state index contributed by atoms with van der Waals surface area (Å²) < 4.78 is 13.8. The SMILES string of the molecule is CCC(Nc1cc(C(=O)O)ccc1F)c1ccc(O)cc1. The molecule has 1 unspecified atom stereocenters. The van der Waals surface area contributed by atoms with Gasteiger partial charge < -0.3 is 15.5 Å². The lowest BCUT2D eigenvalue weighted by Gasteiger charge is -2.19. The quantitative estimate of drug-likeness (QED) is 0.783. The van der Waals surface area contributed by atoms with Crippen LogP contribution in [0.1, 0.15) is 35.3 Å². The second-order valence-corrected chi connectivity index (χ2v) is 4.70. The van der Waals surface area contributed by atoms with E-state index in [2.05, 4.69) is 5.32 Å². The number of anilines is 1. The van der Waals surface area contributed by atoms with Crippen LogP contribution in [-0.2, 0) is 0 Å². The molecule has 2 aromatic carbocycles. The molecule has 5 heteroatoms. The van der Waals surface area contributed by atoms with Gasteiger partial charge in [0.25, 0.3) is 0 Å². The fraction of sp³-hybridized carbons (Fsp3) is 0.188. The minimum absolute atomic E-state index is 0.0273. The number of hydrogen-bond donors (Lipinski definition) is 3. The van der Waals surface area contributed by atoms with Crippen LogP contribution in [0.15, 0.2) is 42.5 Å². The number of hydrogen-bond acceptors (Lipinski definition) is 3. The highest BCUT2D eigenvalue weighted by Gasteiger charge is 2.14. The Morgan fingerprint density at radius 2 is 1.90 bits per heavy atom. The molecule has 0 saturated heterocycles. The molecule has 0 amide bonds. The van der Waals surface area contributed by atoms with Crippen molar-refractivity contribution in [3.8, 4) is 5.75 Å². The van der Waals surface area contributed by atoms with Gasteiger partial charge in [0.1, 0.15) is 11.6 Å². The maximum atomic E-state index is 13.8. The Balaban J connectivity index is 2.28. The minimum atomic E-state index is -1.10. The van der Waals surface area contributed by atoms with E-state index in [1.54, 1.807) is 24.3 Å². The molecule has 0 aromatic heterocycles. The van der Waals surface area contributed by atoms with Gasteiger partial charge in [-0.05, 0) is 42.3 Å². The molecule has 4 nitrogen and oxygen atoms in total. The molecule has 2 aromatic rings. The van der Waals surface area contributed by atoms with Crippen molar-refractivity contribution < 1.29 is 19.4 Å². The number of benzene rings is 2. The number of aromatic carboxylic acids is 1. The van der Waals surface area contributed by atoms with Crippen molar-refractivity contribution in [1.29, 1.82) is 0 Å². The van der Waals surface area contributed by atoms with Gasteiger partial charge in [-0.1, -0.05) is 19.1 Å². The van der Waals surface area contributed by atoms with Crippen LogP contribution in [0.4, 0.5) is 10.1 Å². The molecule has 110 valence electrons. The van der Waals surface area contributed by atoms with Gasteiger partial charge in [0.15, 0.2) is 0 Å². The molecule has 0 fully saturated rings. The highest BCUT2D eigenvalue weighted by Crippen LogP contribution is 2.26. The minimum Gasteiger partial charge on any atom is -0.508 e. The number of carbonyl (C=O) groups is 1. The second-order valence-electron chi connectivity index (χ2n) is 4.70. The van der Waals surface area contributed by atoms with Crippen molar-refractivity contribution in [2.24, 2.45) is 0 Å². The van der Waals surface area contributed by atoms with Gasteiger partial charge in [-0.15, -0.1) is 0 Å². The predicted molar refractivity (Wildman–Crippen MR) is 78.1 cm³/mol. The molecule has 1 atom stereocenters. The van der Waals surface area contributed by atoms with Crippen molar-refractivity contribution in [1.82, 2.24) is 0 Å². The van der Waals surface area contributed by atoms with Gasteiger partial charge in [-0.25, -0.2) is 9.18 Å². The Labute approximate surface area is 121 Å². The number of carboxylic acid groups (broad SMARTS) is 1. The molecule has 0 spiro atoms. The van der Waals surface area contributed by atoms with Crippen molar-refractivity contribution in [2.45, 2.75) is 19.4 Å². The van der Waals surface area contributed by atoms with Gasteiger partial charge in [0.05, 0.1) is 17.3 Å². The van der Waals surface area contributed by atoms with E-state index in [1.165, 1.54) is 12.1 Å². The highest BCUT2D eigenvalue weighted by atomic mass is 19.1. The van der Waals surface area contributed by atoms with E-state index >= 15 is 0 Å².